The average molecular weight is 256 g/mol. The maximum atomic E-state index is 5.04. The molecule has 2 N–H and O–H groups in total. The third kappa shape index (κ3) is 6.21. The van der Waals surface area contributed by atoms with Gasteiger partial charge < -0.3 is 20.3 Å². The molecular weight excluding hydrogens is 228 g/mol. The van der Waals surface area contributed by atoms with Gasteiger partial charge in [-0.3, -0.25) is 4.99 Å². The lowest BCUT2D eigenvalue weighted by Gasteiger charge is -2.18. The quantitative estimate of drug-likeness (QED) is 0.378. The second-order valence-electron chi connectivity index (χ2n) is 5.11. The Morgan fingerprint density at radius 2 is 2.17 bits per heavy atom. The van der Waals surface area contributed by atoms with Gasteiger partial charge >= 0.3 is 0 Å². The van der Waals surface area contributed by atoms with Crippen LogP contribution in [0.2, 0.25) is 0 Å². The van der Waals surface area contributed by atoms with E-state index in [4.69, 9.17) is 4.74 Å². The molecule has 0 aliphatic heterocycles. The fourth-order valence-corrected chi connectivity index (χ4v) is 1.85. The van der Waals surface area contributed by atoms with E-state index >= 15 is 0 Å². The van der Waals surface area contributed by atoms with Crippen LogP contribution in [-0.2, 0) is 4.74 Å². The molecule has 0 amide bonds. The van der Waals surface area contributed by atoms with Crippen molar-refractivity contribution in [3.8, 4) is 0 Å². The van der Waals surface area contributed by atoms with E-state index in [1.165, 1.54) is 6.42 Å². The van der Waals surface area contributed by atoms with E-state index in [-0.39, 0.29) is 0 Å². The largest absolute Gasteiger partial charge is 0.385 e. The Balaban J connectivity index is 2.04. The molecule has 0 aromatic heterocycles. The summed E-state index contributed by atoms with van der Waals surface area (Å²) in [7, 11) is 5.71. The summed E-state index contributed by atoms with van der Waals surface area (Å²) in [5, 5.41) is 6.77. The van der Waals surface area contributed by atoms with Crippen LogP contribution in [0.25, 0.3) is 0 Å². The van der Waals surface area contributed by atoms with Crippen molar-refractivity contribution in [2.75, 3.05) is 47.4 Å². The van der Waals surface area contributed by atoms with E-state index < -0.39 is 0 Å². The molecule has 18 heavy (non-hydrogen) atoms. The lowest BCUT2D eigenvalue weighted by atomic mass is 10.4. The van der Waals surface area contributed by atoms with Crippen LogP contribution in [0.1, 0.15) is 19.8 Å². The highest BCUT2D eigenvalue weighted by Gasteiger charge is 2.33. The summed E-state index contributed by atoms with van der Waals surface area (Å²) in [5.41, 5.74) is 0. The highest BCUT2D eigenvalue weighted by Crippen LogP contribution is 2.28. The lowest BCUT2D eigenvalue weighted by molar-refractivity contribution is 0.180. The third-order valence-electron chi connectivity index (χ3n) is 3.33. The highest BCUT2D eigenvalue weighted by atomic mass is 16.5. The molecule has 0 spiro atoms. The summed E-state index contributed by atoms with van der Waals surface area (Å²) in [5.74, 6) is 1.72. The van der Waals surface area contributed by atoms with Crippen molar-refractivity contribution in [3.63, 3.8) is 0 Å². The van der Waals surface area contributed by atoms with Gasteiger partial charge in [0.15, 0.2) is 5.96 Å². The zero-order chi connectivity index (χ0) is 13.4. The number of likely N-dealkylation sites (N-methyl/N-ethyl adjacent to an activating group) is 1. The molecule has 0 saturated heterocycles. The van der Waals surface area contributed by atoms with Crippen molar-refractivity contribution < 1.29 is 4.74 Å². The topological polar surface area (TPSA) is 48.9 Å². The zero-order valence-electron chi connectivity index (χ0n) is 12.2. The maximum Gasteiger partial charge on any atom is 0.191 e. The molecule has 0 aromatic carbocycles. The number of aliphatic imine (C=N–C) groups is 1. The number of hydrogen-bond donors (Lipinski definition) is 2. The maximum absolute atomic E-state index is 5.04. The molecule has 1 aliphatic carbocycles. The van der Waals surface area contributed by atoms with Crippen molar-refractivity contribution in [1.29, 1.82) is 0 Å². The molecule has 2 unspecified atom stereocenters. The van der Waals surface area contributed by atoms with E-state index in [0.717, 1.165) is 44.5 Å². The van der Waals surface area contributed by atoms with Crippen molar-refractivity contribution >= 4 is 5.96 Å². The minimum Gasteiger partial charge on any atom is -0.385 e. The van der Waals surface area contributed by atoms with Gasteiger partial charge in [0.2, 0.25) is 0 Å². The Labute approximate surface area is 111 Å². The fourth-order valence-electron chi connectivity index (χ4n) is 1.85. The highest BCUT2D eigenvalue weighted by molar-refractivity contribution is 5.80. The third-order valence-corrected chi connectivity index (χ3v) is 3.33. The molecule has 1 saturated carbocycles. The minimum absolute atomic E-state index is 0.621. The van der Waals surface area contributed by atoms with E-state index in [1.54, 1.807) is 7.11 Å². The first-order valence-electron chi connectivity index (χ1n) is 6.82. The summed E-state index contributed by atoms with van der Waals surface area (Å²) in [6.45, 7) is 6.10. The van der Waals surface area contributed by atoms with Crippen LogP contribution in [0.4, 0.5) is 0 Å². The molecule has 5 nitrogen and oxygen atoms in total. The van der Waals surface area contributed by atoms with Gasteiger partial charge in [0.1, 0.15) is 0 Å². The standard InChI is InChI=1S/C13H28N4O/c1-11-10-12(11)16-13(14-2)15-6-8-17(3)7-5-9-18-4/h11-12H,5-10H2,1-4H3,(H2,14,15,16). The second kappa shape index (κ2) is 8.32. The van der Waals surface area contributed by atoms with Crippen LogP contribution in [0.3, 0.4) is 0 Å². The minimum atomic E-state index is 0.621. The molecular formula is C13H28N4O. The molecule has 0 aromatic rings. The van der Waals surface area contributed by atoms with Crippen LogP contribution < -0.4 is 10.6 Å². The Morgan fingerprint density at radius 1 is 1.44 bits per heavy atom. The van der Waals surface area contributed by atoms with E-state index in [2.05, 4.69) is 34.5 Å². The van der Waals surface area contributed by atoms with Crippen LogP contribution in [0, 0.1) is 5.92 Å². The fraction of sp³-hybridized carbons (Fsp3) is 0.923. The number of hydrogen-bond acceptors (Lipinski definition) is 3. The van der Waals surface area contributed by atoms with Gasteiger partial charge in [-0.15, -0.1) is 0 Å². The first kappa shape index (κ1) is 15.2. The van der Waals surface area contributed by atoms with Gasteiger partial charge in [-0.2, -0.15) is 0 Å². The van der Waals surface area contributed by atoms with Crippen molar-refractivity contribution in [2.45, 2.75) is 25.8 Å². The number of nitrogens with zero attached hydrogens (tertiary/aromatic N) is 2. The molecule has 2 atom stereocenters. The summed E-state index contributed by atoms with van der Waals surface area (Å²) in [6, 6.07) is 0.621. The Kier molecular flexibility index (Phi) is 7.05. The summed E-state index contributed by atoms with van der Waals surface area (Å²) in [4.78, 5) is 6.54. The van der Waals surface area contributed by atoms with Gasteiger partial charge in [-0.05, 0) is 25.8 Å². The Hall–Kier alpha value is -0.810. The van der Waals surface area contributed by atoms with E-state index in [9.17, 15) is 0 Å². The first-order chi connectivity index (χ1) is 8.67. The van der Waals surface area contributed by atoms with Gasteiger partial charge in [0.05, 0.1) is 0 Å². The lowest BCUT2D eigenvalue weighted by Crippen LogP contribution is -2.42. The Morgan fingerprint density at radius 3 is 2.72 bits per heavy atom. The van der Waals surface area contributed by atoms with Gasteiger partial charge in [0.25, 0.3) is 0 Å². The smallest absolute Gasteiger partial charge is 0.191 e. The van der Waals surface area contributed by atoms with Crippen molar-refractivity contribution in [3.05, 3.63) is 0 Å². The van der Waals surface area contributed by atoms with Crippen molar-refractivity contribution in [1.82, 2.24) is 15.5 Å². The summed E-state index contributed by atoms with van der Waals surface area (Å²) in [6.07, 6.45) is 2.34. The van der Waals surface area contributed by atoms with Gasteiger partial charge in [-0.1, -0.05) is 6.92 Å². The molecule has 5 heteroatoms. The molecule has 1 rings (SSSR count). The predicted octanol–water partition coefficient (Wildman–Crippen LogP) is 0.528. The van der Waals surface area contributed by atoms with Crippen LogP contribution in [0.15, 0.2) is 4.99 Å². The summed E-state index contributed by atoms with van der Waals surface area (Å²) >= 11 is 0. The Bertz CT molecular complexity index is 257. The number of rotatable bonds is 8. The van der Waals surface area contributed by atoms with Crippen LogP contribution >= 0.6 is 0 Å². The van der Waals surface area contributed by atoms with E-state index in [1.807, 2.05) is 7.05 Å². The van der Waals surface area contributed by atoms with Crippen molar-refractivity contribution in [2.24, 2.45) is 10.9 Å². The molecule has 1 aliphatic rings. The number of ether oxygens (including phenoxy) is 1. The molecule has 0 radical (unpaired) electrons. The molecule has 1 fully saturated rings. The molecule has 0 heterocycles. The van der Waals surface area contributed by atoms with Gasteiger partial charge in [0, 0.05) is 46.4 Å². The molecule has 0 bridgehead atoms. The van der Waals surface area contributed by atoms with Crippen LogP contribution in [-0.4, -0.2) is 64.3 Å². The number of nitrogens with one attached hydrogen (secondary N) is 2. The first-order valence-corrected chi connectivity index (χ1v) is 6.82. The van der Waals surface area contributed by atoms with Gasteiger partial charge in [-0.25, -0.2) is 0 Å². The average Bonchev–Trinajstić information content (AvgIpc) is 3.04. The second-order valence-corrected chi connectivity index (χ2v) is 5.11. The monoisotopic (exact) mass is 256 g/mol. The predicted molar refractivity (Wildman–Crippen MR) is 76.1 cm³/mol. The summed E-state index contributed by atoms with van der Waals surface area (Å²) < 4.78 is 5.04. The zero-order valence-corrected chi connectivity index (χ0v) is 12.2. The van der Waals surface area contributed by atoms with Crippen LogP contribution in [0.5, 0.6) is 0 Å². The number of guanidine groups is 1. The normalized spacial score (nSPS) is 23.3. The van der Waals surface area contributed by atoms with E-state index in [0.29, 0.717) is 6.04 Å². The number of methoxy groups -OCH3 is 1. The SMILES string of the molecule is CN=C(NCCN(C)CCCOC)NC1CC1C. The molecule has 106 valence electrons.